The van der Waals surface area contributed by atoms with Crippen molar-refractivity contribution in [1.29, 1.82) is 0 Å². The Bertz CT molecular complexity index is 343. The van der Waals surface area contributed by atoms with Crippen molar-refractivity contribution >= 4 is 12.0 Å². The largest absolute Gasteiger partial charge is 0.480 e. The topological polar surface area (TPSA) is 60.9 Å². The standard InChI is InChI=1S/C13H22N2O3/c1-9(2)6-14(8-12(16)17)13(18)15-7-10-3-4-11(15)5-10/h9-11H,3-8H2,1-2H3,(H,16,17). The van der Waals surface area contributed by atoms with E-state index in [0.29, 0.717) is 18.5 Å². The van der Waals surface area contributed by atoms with Gasteiger partial charge in [-0.2, -0.15) is 0 Å². The van der Waals surface area contributed by atoms with E-state index < -0.39 is 5.97 Å². The van der Waals surface area contributed by atoms with Crippen molar-refractivity contribution in [2.45, 2.75) is 39.2 Å². The summed E-state index contributed by atoms with van der Waals surface area (Å²) in [4.78, 5) is 26.6. The molecule has 2 atom stereocenters. The van der Waals surface area contributed by atoms with Crippen molar-refractivity contribution in [2.24, 2.45) is 11.8 Å². The third-order valence-corrected chi connectivity index (χ3v) is 3.84. The number of hydrogen-bond acceptors (Lipinski definition) is 2. The summed E-state index contributed by atoms with van der Waals surface area (Å²) in [6.07, 6.45) is 3.41. The highest BCUT2D eigenvalue weighted by Crippen LogP contribution is 2.37. The molecule has 2 aliphatic rings. The Kier molecular flexibility index (Phi) is 3.78. The monoisotopic (exact) mass is 254 g/mol. The molecule has 102 valence electrons. The average molecular weight is 254 g/mol. The molecule has 0 radical (unpaired) electrons. The lowest BCUT2D eigenvalue weighted by molar-refractivity contribution is -0.137. The summed E-state index contributed by atoms with van der Waals surface area (Å²) in [5.74, 6) is -0.00822. The minimum absolute atomic E-state index is 0.0849. The molecule has 0 aromatic rings. The molecule has 18 heavy (non-hydrogen) atoms. The molecule has 1 N–H and O–H groups in total. The van der Waals surface area contributed by atoms with Crippen LogP contribution in [0.25, 0.3) is 0 Å². The molecule has 1 saturated carbocycles. The number of carboxylic acids is 1. The number of nitrogens with zero attached hydrogens (tertiary/aromatic N) is 2. The van der Waals surface area contributed by atoms with E-state index in [0.717, 1.165) is 19.4 Å². The van der Waals surface area contributed by atoms with Crippen molar-refractivity contribution in [3.8, 4) is 0 Å². The first-order valence-electron chi connectivity index (χ1n) is 6.74. The van der Waals surface area contributed by atoms with Gasteiger partial charge < -0.3 is 14.9 Å². The SMILES string of the molecule is CC(C)CN(CC(=O)O)C(=O)N1CC2CCC1C2. The third kappa shape index (κ3) is 2.76. The molecular weight excluding hydrogens is 232 g/mol. The summed E-state index contributed by atoms with van der Waals surface area (Å²) in [6, 6.07) is 0.268. The van der Waals surface area contributed by atoms with Crippen LogP contribution in [0.2, 0.25) is 0 Å². The number of piperidine rings is 1. The average Bonchev–Trinajstić information content (AvgIpc) is 2.87. The highest BCUT2D eigenvalue weighted by Gasteiger charge is 2.41. The first-order chi connectivity index (χ1) is 8.47. The summed E-state index contributed by atoms with van der Waals surface area (Å²) < 4.78 is 0. The van der Waals surface area contributed by atoms with Crippen LogP contribution in [0, 0.1) is 11.8 Å². The van der Waals surface area contributed by atoms with E-state index in [-0.39, 0.29) is 18.5 Å². The number of carboxylic acid groups (broad SMARTS) is 1. The molecule has 2 fully saturated rings. The van der Waals surface area contributed by atoms with Crippen LogP contribution in [0.1, 0.15) is 33.1 Å². The summed E-state index contributed by atoms with van der Waals surface area (Å²) >= 11 is 0. The smallest absolute Gasteiger partial charge is 0.323 e. The Morgan fingerprint density at radius 2 is 2.11 bits per heavy atom. The van der Waals surface area contributed by atoms with Crippen LogP contribution in [0.15, 0.2) is 0 Å². The van der Waals surface area contributed by atoms with Crippen LogP contribution in [0.3, 0.4) is 0 Å². The number of hydrogen-bond donors (Lipinski definition) is 1. The van der Waals surface area contributed by atoms with Gasteiger partial charge in [0.2, 0.25) is 0 Å². The number of carbonyl (C=O) groups is 2. The Morgan fingerprint density at radius 3 is 2.56 bits per heavy atom. The Labute approximate surface area is 108 Å². The molecule has 5 heteroatoms. The van der Waals surface area contributed by atoms with E-state index in [4.69, 9.17) is 5.11 Å². The molecule has 0 aromatic heterocycles. The second kappa shape index (κ2) is 5.16. The molecule has 1 saturated heterocycles. The normalized spacial score (nSPS) is 25.8. The van der Waals surface area contributed by atoms with Gasteiger partial charge in [-0.05, 0) is 31.1 Å². The van der Waals surface area contributed by atoms with Gasteiger partial charge >= 0.3 is 12.0 Å². The summed E-state index contributed by atoms with van der Waals surface area (Å²) in [5, 5.41) is 8.91. The van der Waals surface area contributed by atoms with Crippen LogP contribution < -0.4 is 0 Å². The van der Waals surface area contributed by atoms with E-state index in [2.05, 4.69) is 0 Å². The van der Waals surface area contributed by atoms with Gasteiger partial charge in [-0.25, -0.2) is 4.79 Å². The van der Waals surface area contributed by atoms with E-state index in [1.165, 1.54) is 11.3 Å². The lowest BCUT2D eigenvalue weighted by Gasteiger charge is -2.33. The second-order valence-electron chi connectivity index (χ2n) is 5.94. The number of likely N-dealkylation sites (tertiary alicyclic amines) is 1. The molecule has 2 amide bonds. The molecule has 0 aromatic carbocycles. The van der Waals surface area contributed by atoms with Gasteiger partial charge in [0.15, 0.2) is 0 Å². The highest BCUT2D eigenvalue weighted by molar-refractivity contribution is 5.80. The zero-order valence-electron chi connectivity index (χ0n) is 11.1. The maximum Gasteiger partial charge on any atom is 0.323 e. The van der Waals surface area contributed by atoms with Crippen LogP contribution >= 0.6 is 0 Å². The molecule has 5 nitrogen and oxygen atoms in total. The third-order valence-electron chi connectivity index (χ3n) is 3.84. The number of aliphatic carboxylic acids is 1. The number of amides is 2. The number of carbonyl (C=O) groups excluding carboxylic acids is 1. The van der Waals surface area contributed by atoms with Gasteiger partial charge in [-0.1, -0.05) is 13.8 Å². The molecule has 1 aliphatic carbocycles. The van der Waals surface area contributed by atoms with E-state index in [9.17, 15) is 9.59 Å². The quantitative estimate of drug-likeness (QED) is 0.829. The number of fused-ring (bicyclic) bond motifs is 2. The highest BCUT2D eigenvalue weighted by atomic mass is 16.4. The van der Waals surface area contributed by atoms with Gasteiger partial charge in [0, 0.05) is 19.1 Å². The molecule has 1 heterocycles. The predicted molar refractivity (Wildman–Crippen MR) is 67.3 cm³/mol. The van der Waals surface area contributed by atoms with E-state index in [1.807, 2.05) is 18.7 Å². The Balaban J connectivity index is 2.00. The second-order valence-corrected chi connectivity index (χ2v) is 5.94. The Morgan fingerprint density at radius 1 is 1.39 bits per heavy atom. The van der Waals surface area contributed by atoms with Gasteiger partial charge in [0.25, 0.3) is 0 Å². The lowest BCUT2D eigenvalue weighted by atomic mass is 10.1. The van der Waals surface area contributed by atoms with Crippen LogP contribution in [-0.2, 0) is 4.79 Å². The molecule has 2 rings (SSSR count). The van der Waals surface area contributed by atoms with Gasteiger partial charge in [0.05, 0.1) is 0 Å². The zero-order valence-corrected chi connectivity index (χ0v) is 11.1. The van der Waals surface area contributed by atoms with E-state index >= 15 is 0 Å². The number of urea groups is 1. The van der Waals surface area contributed by atoms with Gasteiger partial charge in [0.1, 0.15) is 6.54 Å². The summed E-state index contributed by atoms with van der Waals surface area (Å²) in [6.45, 7) is 5.14. The molecule has 1 aliphatic heterocycles. The minimum atomic E-state index is -0.937. The Hall–Kier alpha value is -1.26. The fourth-order valence-electron chi connectivity index (χ4n) is 3.15. The van der Waals surface area contributed by atoms with Crippen LogP contribution in [0.5, 0.6) is 0 Å². The molecular formula is C13H22N2O3. The van der Waals surface area contributed by atoms with Crippen molar-refractivity contribution in [3.05, 3.63) is 0 Å². The molecule has 2 bridgehead atoms. The lowest BCUT2D eigenvalue weighted by Crippen LogP contribution is -2.49. The van der Waals surface area contributed by atoms with Crippen molar-refractivity contribution in [1.82, 2.24) is 9.80 Å². The van der Waals surface area contributed by atoms with Gasteiger partial charge in [-0.3, -0.25) is 4.79 Å². The maximum absolute atomic E-state index is 12.4. The van der Waals surface area contributed by atoms with Crippen molar-refractivity contribution in [2.75, 3.05) is 19.6 Å². The molecule has 0 spiro atoms. The summed E-state index contributed by atoms with van der Waals surface area (Å²) in [5.41, 5.74) is 0. The minimum Gasteiger partial charge on any atom is -0.480 e. The fraction of sp³-hybridized carbons (Fsp3) is 0.846. The van der Waals surface area contributed by atoms with Crippen molar-refractivity contribution < 1.29 is 14.7 Å². The first kappa shape index (κ1) is 13.2. The van der Waals surface area contributed by atoms with Gasteiger partial charge in [-0.15, -0.1) is 0 Å². The first-order valence-corrected chi connectivity index (χ1v) is 6.74. The maximum atomic E-state index is 12.4. The van der Waals surface area contributed by atoms with Crippen molar-refractivity contribution in [3.63, 3.8) is 0 Å². The fourth-order valence-corrected chi connectivity index (χ4v) is 3.15. The van der Waals surface area contributed by atoms with E-state index in [1.54, 1.807) is 0 Å². The summed E-state index contributed by atoms with van der Waals surface area (Å²) in [7, 11) is 0. The zero-order chi connectivity index (χ0) is 13.3. The number of rotatable bonds is 4. The van der Waals surface area contributed by atoms with Crippen LogP contribution in [0.4, 0.5) is 4.79 Å². The molecule has 2 unspecified atom stereocenters. The predicted octanol–water partition coefficient (Wildman–Crippen LogP) is 1.63. The van der Waals surface area contributed by atoms with Crippen LogP contribution in [-0.4, -0.2) is 52.6 Å².